The molecule has 4 rings (SSSR count). The van der Waals surface area contributed by atoms with Crippen molar-refractivity contribution in [2.24, 2.45) is 0 Å². The Morgan fingerprint density at radius 1 is 1.04 bits per heavy atom. The molecule has 0 unspecified atom stereocenters. The second-order valence-electron chi connectivity index (χ2n) is 5.33. The molecule has 0 radical (unpaired) electrons. The minimum atomic E-state index is -0.336. The van der Waals surface area contributed by atoms with E-state index in [9.17, 15) is 4.79 Å². The number of carbonyl (C=O) groups is 1. The Morgan fingerprint density at radius 3 is 2.71 bits per heavy atom. The van der Waals surface area contributed by atoms with Gasteiger partial charge in [-0.3, -0.25) is 10.2 Å². The van der Waals surface area contributed by atoms with Crippen LogP contribution in [-0.4, -0.2) is 30.6 Å². The Bertz CT molecular complexity index is 988. The highest BCUT2D eigenvalue weighted by atomic mass is 16.2. The fourth-order valence-electron chi connectivity index (χ4n) is 2.47. The Morgan fingerprint density at radius 2 is 1.83 bits per heavy atom. The molecule has 4 aromatic rings. The predicted octanol–water partition coefficient (Wildman–Crippen LogP) is 2.06. The van der Waals surface area contributed by atoms with E-state index < -0.39 is 0 Å². The Hall–Kier alpha value is -3.48. The van der Waals surface area contributed by atoms with Gasteiger partial charge >= 0.3 is 0 Å². The van der Waals surface area contributed by atoms with E-state index in [1.165, 1.54) is 0 Å². The van der Waals surface area contributed by atoms with Crippen molar-refractivity contribution < 1.29 is 4.79 Å². The summed E-state index contributed by atoms with van der Waals surface area (Å²) in [7, 11) is 0. The molecule has 0 fully saturated rings. The molecule has 7 nitrogen and oxygen atoms in total. The van der Waals surface area contributed by atoms with Crippen LogP contribution in [0.4, 0.5) is 0 Å². The molecular formula is C17H14N6O. The lowest BCUT2D eigenvalue weighted by Gasteiger charge is -2.04. The molecule has 0 saturated carbocycles. The normalized spacial score (nSPS) is 10.8. The predicted molar refractivity (Wildman–Crippen MR) is 89.0 cm³/mol. The number of benzene rings is 2. The van der Waals surface area contributed by atoms with E-state index >= 15 is 0 Å². The molecule has 0 aliphatic rings. The van der Waals surface area contributed by atoms with Crippen molar-refractivity contribution in [2.75, 3.05) is 5.43 Å². The quantitative estimate of drug-likeness (QED) is 0.625. The maximum atomic E-state index is 12.3. The van der Waals surface area contributed by atoms with Gasteiger partial charge in [-0.2, -0.15) is 0 Å². The maximum absolute atomic E-state index is 12.3. The average Bonchev–Trinajstić information content (AvgIpc) is 3.24. The molecule has 7 heteroatoms. The molecule has 0 spiro atoms. The summed E-state index contributed by atoms with van der Waals surface area (Å²) in [5.74, 6) is -0.336. The summed E-state index contributed by atoms with van der Waals surface area (Å²) in [6.45, 7) is 0.565. The van der Waals surface area contributed by atoms with Crippen LogP contribution in [0.5, 0.6) is 0 Å². The van der Waals surface area contributed by atoms with E-state index in [0.29, 0.717) is 6.54 Å². The lowest BCUT2D eigenvalue weighted by atomic mass is 10.2. The zero-order valence-corrected chi connectivity index (χ0v) is 12.7. The largest absolute Gasteiger partial charge is 0.292 e. The molecule has 0 saturated heterocycles. The van der Waals surface area contributed by atoms with Crippen molar-refractivity contribution in [1.82, 2.24) is 24.7 Å². The first-order valence-corrected chi connectivity index (χ1v) is 7.47. The number of hydrogen-bond donors (Lipinski definition) is 1. The summed E-state index contributed by atoms with van der Waals surface area (Å²) < 4.78 is 3.21. The molecule has 2 heterocycles. The molecule has 0 atom stereocenters. The molecule has 1 amide bonds. The van der Waals surface area contributed by atoms with Crippen LogP contribution >= 0.6 is 0 Å². The van der Waals surface area contributed by atoms with Crippen LogP contribution in [0.1, 0.15) is 16.1 Å². The zero-order chi connectivity index (χ0) is 16.4. The summed E-state index contributed by atoms with van der Waals surface area (Å²) in [6.07, 6.45) is 3.19. The minimum absolute atomic E-state index is 0.253. The first-order valence-electron chi connectivity index (χ1n) is 7.47. The fraction of sp³-hybridized carbons (Fsp3) is 0.0588. The topological polar surface area (TPSA) is 77.6 Å². The second-order valence-corrected chi connectivity index (χ2v) is 5.33. The van der Waals surface area contributed by atoms with Crippen LogP contribution in [0.15, 0.2) is 67.1 Å². The Labute approximate surface area is 137 Å². The fourth-order valence-corrected chi connectivity index (χ4v) is 2.47. The van der Waals surface area contributed by atoms with Crippen molar-refractivity contribution in [3.63, 3.8) is 0 Å². The highest BCUT2D eigenvalue weighted by Crippen LogP contribution is 2.10. The van der Waals surface area contributed by atoms with Crippen LogP contribution in [0.25, 0.3) is 11.0 Å². The monoisotopic (exact) mass is 318 g/mol. The second kappa shape index (κ2) is 5.96. The molecule has 24 heavy (non-hydrogen) atoms. The van der Waals surface area contributed by atoms with Gasteiger partial charge in [-0.1, -0.05) is 47.7 Å². The first kappa shape index (κ1) is 14.1. The first-order chi connectivity index (χ1) is 11.8. The van der Waals surface area contributed by atoms with E-state index in [1.807, 2.05) is 54.6 Å². The third-order valence-electron chi connectivity index (χ3n) is 3.63. The van der Waals surface area contributed by atoms with Gasteiger partial charge in [0.05, 0.1) is 23.8 Å². The van der Waals surface area contributed by atoms with Crippen molar-refractivity contribution in [3.8, 4) is 0 Å². The highest BCUT2D eigenvalue weighted by molar-refractivity contribution is 5.98. The van der Waals surface area contributed by atoms with Gasteiger partial charge in [0.1, 0.15) is 6.33 Å². The van der Waals surface area contributed by atoms with Gasteiger partial charge in [-0.15, -0.1) is 5.10 Å². The molecule has 0 aliphatic carbocycles. The highest BCUT2D eigenvalue weighted by Gasteiger charge is 2.12. The van der Waals surface area contributed by atoms with Crippen LogP contribution in [-0.2, 0) is 6.54 Å². The molecule has 2 aromatic heterocycles. The van der Waals surface area contributed by atoms with Gasteiger partial charge < -0.3 is 0 Å². The van der Waals surface area contributed by atoms with E-state index in [1.54, 1.807) is 21.9 Å². The molecule has 1 N–H and O–H groups in total. The number of carbonyl (C=O) groups excluding carboxylic acids is 1. The lowest BCUT2D eigenvalue weighted by molar-refractivity contribution is 0.100. The zero-order valence-electron chi connectivity index (χ0n) is 12.7. The van der Waals surface area contributed by atoms with Gasteiger partial charge in [0.15, 0.2) is 5.69 Å². The number of imidazole rings is 1. The molecule has 118 valence electrons. The number of nitrogens with one attached hydrogen (secondary N) is 1. The number of rotatable bonds is 4. The van der Waals surface area contributed by atoms with Gasteiger partial charge in [-0.25, -0.2) is 14.3 Å². The van der Waals surface area contributed by atoms with E-state index in [4.69, 9.17) is 0 Å². The average molecular weight is 318 g/mol. The van der Waals surface area contributed by atoms with E-state index in [2.05, 4.69) is 20.7 Å². The molecule has 0 aliphatic heterocycles. The van der Waals surface area contributed by atoms with Crippen molar-refractivity contribution in [3.05, 3.63) is 78.4 Å². The lowest BCUT2D eigenvalue weighted by Crippen LogP contribution is -2.22. The summed E-state index contributed by atoms with van der Waals surface area (Å²) in [4.78, 5) is 16.6. The third-order valence-corrected chi connectivity index (χ3v) is 3.63. The number of para-hydroxylation sites is 2. The Kier molecular flexibility index (Phi) is 3.51. The van der Waals surface area contributed by atoms with Crippen LogP contribution < -0.4 is 5.43 Å². The maximum Gasteiger partial charge on any atom is 0.292 e. The van der Waals surface area contributed by atoms with E-state index in [0.717, 1.165) is 16.6 Å². The van der Waals surface area contributed by atoms with E-state index in [-0.39, 0.29) is 11.6 Å². The number of nitrogens with zero attached hydrogens (tertiary/aromatic N) is 5. The summed E-state index contributed by atoms with van der Waals surface area (Å²) in [5, 5.41) is 7.95. The third kappa shape index (κ3) is 2.74. The SMILES string of the molecule is O=C(Nn1cnc2ccccc21)c1cn(Cc2ccccc2)nn1. The number of fused-ring (bicyclic) bond motifs is 1. The van der Waals surface area contributed by atoms with Crippen LogP contribution in [0.3, 0.4) is 0 Å². The van der Waals surface area contributed by atoms with Gasteiger partial charge in [0, 0.05) is 0 Å². The van der Waals surface area contributed by atoms with Gasteiger partial charge in [0.2, 0.25) is 0 Å². The van der Waals surface area contributed by atoms with Crippen molar-refractivity contribution in [1.29, 1.82) is 0 Å². The summed E-state index contributed by atoms with van der Waals surface area (Å²) in [6, 6.07) is 17.4. The van der Waals surface area contributed by atoms with Gasteiger partial charge in [0.25, 0.3) is 5.91 Å². The number of aromatic nitrogens is 5. The van der Waals surface area contributed by atoms with Gasteiger partial charge in [-0.05, 0) is 17.7 Å². The Balaban J connectivity index is 1.51. The van der Waals surface area contributed by atoms with Crippen LogP contribution in [0, 0.1) is 0 Å². The molecule has 0 bridgehead atoms. The number of hydrogen-bond acceptors (Lipinski definition) is 4. The summed E-state index contributed by atoms with van der Waals surface area (Å²) in [5.41, 5.74) is 5.74. The van der Waals surface area contributed by atoms with Crippen molar-refractivity contribution in [2.45, 2.75) is 6.54 Å². The summed E-state index contributed by atoms with van der Waals surface area (Å²) >= 11 is 0. The standard InChI is InChI=1S/C17H14N6O/c24-17(20-23-12-18-14-8-4-5-9-16(14)23)15-11-22(21-19-15)10-13-6-2-1-3-7-13/h1-9,11-12H,10H2,(H,20,24). The minimum Gasteiger partial charge on any atom is -0.265 e. The number of amides is 1. The molecule has 2 aromatic carbocycles. The smallest absolute Gasteiger partial charge is 0.265 e. The van der Waals surface area contributed by atoms with Crippen molar-refractivity contribution >= 4 is 16.9 Å². The van der Waals surface area contributed by atoms with Crippen LogP contribution in [0.2, 0.25) is 0 Å². The molecular weight excluding hydrogens is 304 g/mol.